The van der Waals surface area contributed by atoms with E-state index in [4.69, 9.17) is 4.74 Å². The zero-order valence-corrected chi connectivity index (χ0v) is 20.6. The molecule has 1 heteroatoms. The molecule has 8 unspecified atom stereocenters. The third-order valence-electron chi connectivity index (χ3n) is 11.3. The van der Waals surface area contributed by atoms with Crippen LogP contribution in [0.1, 0.15) is 98.8 Å². The van der Waals surface area contributed by atoms with Gasteiger partial charge in [-0.25, -0.2) is 0 Å². The van der Waals surface area contributed by atoms with Gasteiger partial charge in [-0.15, -0.1) is 0 Å². The summed E-state index contributed by atoms with van der Waals surface area (Å²) in [6.07, 6.45) is 20.0. The van der Waals surface area contributed by atoms with Crippen molar-refractivity contribution in [2.45, 2.75) is 105 Å². The van der Waals surface area contributed by atoms with Gasteiger partial charge in [0.15, 0.2) is 0 Å². The zero-order valence-electron chi connectivity index (χ0n) is 20.6. The molecule has 0 aromatic carbocycles. The Morgan fingerprint density at radius 3 is 2.53 bits per heavy atom. The molecule has 5 rings (SSSR count). The van der Waals surface area contributed by atoms with Gasteiger partial charge in [-0.2, -0.15) is 0 Å². The summed E-state index contributed by atoms with van der Waals surface area (Å²) < 4.78 is 5.96. The second kappa shape index (κ2) is 7.23. The second-order valence-corrected chi connectivity index (χ2v) is 12.9. The quantitative estimate of drug-likeness (QED) is 0.427. The van der Waals surface area contributed by atoms with Gasteiger partial charge in [0.1, 0.15) is 0 Å². The van der Waals surface area contributed by atoms with E-state index in [1.807, 2.05) is 7.11 Å². The summed E-state index contributed by atoms with van der Waals surface area (Å²) in [5.74, 6) is 5.01. The molecular weight excluding hydrogens is 364 g/mol. The number of hydrogen-bond acceptors (Lipinski definition) is 1. The highest BCUT2D eigenvalue weighted by atomic mass is 16.5. The molecular formula is C29H46O. The highest BCUT2D eigenvalue weighted by Crippen LogP contribution is 2.74. The monoisotopic (exact) mass is 410 g/mol. The van der Waals surface area contributed by atoms with E-state index >= 15 is 0 Å². The third-order valence-corrected chi connectivity index (χ3v) is 11.3. The summed E-state index contributed by atoms with van der Waals surface area (Å²) in [6.45, 7) is 12.1. The predicted octanol–water partition coefficient (Wildman–Crippen LogP) is 7.96. The third kappa shape index (κ3) is 2.82. The molecule has 0 aromatic heterocycles. The Labute approximate surface area is 186 Å². The minimum atomic E-state index is 0.201. The lowest BCUT2D eigenvalue weighted by Gasteiger charge is -2.65. The van der Waals surface area contributed by atoms with E-state index < -0.39 is 0 Å². The van der Waals surface area contributed by atoms with Crippen LogP contribution < -0.4 is 0 Å². The van der Waals surface area contributed by atoms with Crippen LogP contribution in [0.2, 0.25) is 0 Å². The molecule has 1 spiro atoms. The number of allylic oxidation sites excluding steroid dienone is 3. The summed E-state index contributed by atoms with van der Waals surface area (Å²) in [7, 11) is 1.93. The number of ether oxygens (including phenoxy) is 1. The fourth-order valence-electron chi connectivity index (χ4n) is 10.1. The fraction of sp³-hybridized carbons (Fsp3) is 0.862. The van der Waals surface area contributed by atoms with Gasteiger partial charge < -0.3 is 4.74 Å². The van der Waals surface area contributed by atoms with Crippen molar-refractivity contribution in [1.29, 1.82) is 0 Å². The normalized spacial score (nSPS) is 48.4. The van der Waals surface area contributed by atoms with E-state index in [-0.39, 0.29) is 5.41 Å². The van der Waals surface area contributed by atoms with Crippen molar-refractivity contribution in [2.75, 3.05) is 7.11 Å². The minimum Gasteiger partial charge on any atom is -0.381 e. The molecule has 168 valence electrons. The molecule has 1 nitrogen and oxygen atoms in total. The van der Waals surface area contributed by atoms with Crippen molar-refractivity contribution in [1.82, 2.24) is 0 Å². The summed E-state index contributed by atoms with van der Waals surface area (Å²) >= 11 is 0. The van der Waals surface area contributed by atoms with Crippen molar-refractivity contribution in [2.24, 2.45) is 45.8 Å². The first kappa shape index (κ1) is 21.3. The van der Waals surface area contributed by atoms with Crippen LogP contribution in [0.4, 0.5) is 0 Å². The maximum absolute atomic E-state index is 5.96. The standard InChI is InChI=1S/C29H46O/c1-19(2)8-7-9-20-18-29-17-14-23-21(24(29)12-11-22(20)29)10-13-25-27(3,4)26(30-6)15-16-28(23,25)5/h8,13,20-24,26H,7,9-12,14-18H2,1-6H3. The second-order valence-electron chi connectivity index (χ2n) is 12.9. The molecule has 4 fully saturated rings. The molecule has 0 aliphatic heterocycles. The van der Waals surface area contributed by atoms with Crippen LogP contribution in [0.15, 0.2) is 23.3 Å². The molecule has 30 heavy (non-hydrogen) atoms. The SMILES string of the molecule is COC1CCC2(C)C(=CCC3C2CCC24CC(CCC=C(C)C)C2CCC34)C1(C)C. The van der Waals surface area contributed by atoms with E-state index in [1.165, 1.54) is 56.9 Å². The Bertz CT molecular complexity index is 739. The molecule has 0 amide bonds. The Morgan fingerprint density at radius 2 is 1.80 bits per heavy atom. The first-order valence-electron chi connectivity index (χ1n) is 13.1. The van der Waals surface area contributed by atoms with Crippen molar-refractivity contribution < 1.29 is 4.74 Å². The zero-order chi connectivity index (χ0) is 21.3. The summed E-state index contributed by atoms with van der Waals surface area (Å²) in [4.78, 5) is 0. The van der Waals surface area contributed by atoms with Crippen molar-refractivity contribution >= 4 is 0 Å². The number of rotatable bonds is 4. The Morgan fingerprint density at radius 1 is 1.03 bits per heavy atom. The summed E-state index contributed by atoms with van der Waals surface area (Å²) in [5.41, 5.74) is 4.63. The first-order valence-corrected chi connectivity index (χ1v) is 13.1. The topological polar surface area (TPSA) is 9.23 Å². The number of fused-ring (bicyclic) bond motifs is 4. The lowest BCUT2D eigenvalue weighted by Crippen LogP contribution is -2.58. The fourth-order valence-corrected chi connectivity index (χ4v) is 10.1. The highest BCUT2D eigenvalue weighted by molar-refractivity contribution is 5.32. The van der Waals surface area contributed by atoms with Gasteiger partial charge in [-0.3, -0.25) is 0 Å². The van der Waals surface area contributed by atoms with Crippen molar-refractivity contribution in [3.63, 3.8) is 0 Å². The summed E-state index contributed by atoms with van der Waals surface area (Å²) in [6, 6.07) is 0. The molecule has 0 radical (unpaired) electrons. The highest BCUT2D eigenvalue weighted by Gasteiger charge is 2.66. The molecule has 0 heterocycles. The van der Waals surface area contributed by atoms with E-state index in [1.54, 1.807) is 18.4 Å². The van der Waals surface area contributed by atoms with E-state index in [2.05, 4.69) is 46.8 Å². The molecule has 5 aliphatic carbocycles. The van der Waals surface area contributed by atoms with Gasteiger partial charge in [-0.05, 0) is 118 Å². The van der Waals surface area contributed by atoms with Crippen LogP contribution in [0, 0.1) is 45.8 Å². The smallest absolute Gasteiger partial charge is 0.0659 e. The van der Waals surface area contributed by atoms with Gasteiger partial charge in [-0.1, -0.05) is 44.1 Å². The minimum absolute atomic E-state index is 0.201. The largest absolute Gasteiger partial charge is 0.381 e. The van der Waals surface area contributed by atoms with Crippen LogP contribution in [0.3, 0.4) is 0 Å². The van der Waals surface area contributed by atoms with Gasteiger partial charge in [0.05, 0.1) is 6.10 Å². The average molecular weight is 411 g/mol. The summed E-state index contributed by atoms with van der Waals surface area (Å²) in [5, 5.41) is 0. The van der Waals surface area contributed by atoms with Gasteiger partial charge in [0.25, 0.3) is 0 Å². The molecule has 0 saturated heterocycles. The molecule has 5 aliphatic rings. The van der Waals surface area contributed by atoms with Crippen molar-refractivity contribution in [3.8, 4) is 0 Å². The van der Waals surface area contributed by atoms with Crippen molar-refractivity contribution in [3.05, 3.63) is 23.3 Å². The lowest BCUT2D eigenvalue weighted by atomic mass is 9.40. The van der Waals surface area contributed by atoms with E-state index in [0.29, 0.717) is 11.5 Å². The molecule has 0 bridgehead atoms. The van der Waals surface area contributed by atoms with Crippen LogP contribution in [0.5, 0.6) is 0 Å². The number of hydrogen-bond donors (Lipinski definition) is 0. The molecule has 4 saturated carbocycles. The van der Waals surface area contributed by atoms with Gasteiger partial charge >= 0.3 is 0 Å². The predicted molar refractivity (Wildman–Crippen MR) is 126 cm³/mol. The van der Waals surface area contributed by atoms with Crippen LogP contribution in [0.25, 0.3) is 0 Å². The molecule has 0 aromatic rings. The number of methoxy groups -OCH3 is 1. The molecule has 8 atom stereocenters. The molecule has 0 N–H and O–H groups in total. The Balaban J connectivity index is 1.36. The van der Waals surface area contributed by atoms with Gasteiger partial charge in [0.2, 0.25) is 0 Å². The maximum Gasteiger partial charge on any atom is 0.0659 e. The van der Waals surface area contributed by atoms with Crippen LogP contribution >= 0.6 is 0 Å². The Kier molecular flexibility index (Phi) is 5.13. The Hall–Kier alpha value is -0.560. The van der Waals surface area contributed by atoms with Gasteiger partial charge in [0, 0.05) is 12.5 Å². The first-order chi connectivity index (χ1) is 14.2. The maximum atomic E-state index is 5.96. The lowest BCUT2D eigenvalue weighted by molar-refractivity contribution is -0.138. The van der Waals surface area contributed by atoms with Crippen LogP contribution in [-0.2, 0) is 4.74 Å². The van der Waals surface area contributed by atoms with E-state index in [0.717, 1.165) is 35.0 Å². The average Bonchev–Trinajstić information content (AvgIpc) is 2.97. The van der Waals surface area contributed by atoms with Crippen LogP contribution in [-0.4, -0.2) is 13.2 Å². The van der Waals surface area contributed by atoms with E-state index in [9.17, 15) is 0 Å².